The van der Waals surface area contributed by atoms with Gasteiger partial charge in [-0.2, -0.15) is 0 Å². The normalized spacial score (nSPS) is 48.4. The van der Waals surface area contributed by atoms with Crippen molar-refractivity contribution in [3.05, 3.63) is 0 Å². The molecule has 0 amide bonds. The first-order valence-electron chi connectivity index (χ1n) is 13.5. The molecule has 33 heavy (non-hydrogen) atoms. The van der Waals surface area contributed by atoms with Gasteiger partial charge in [0.05, 0.1) is 18.3 Å². The molecule has 3 N–H and O–H groups in total. The third-order valence-electron chi connectivity index (χ3n) is 10.7. The van der Waals surface area contributed by atoms with Gasteiger partial charge in [0.1, 0.15) is 5.60 Å². The van der Waals surface area contributed by atoms with E-state index < -0.39 is 5.60 Å². The Morgan fingerprint density at radius 2 is 1.73 bits per heavy atom. The van der Waals surface area contributed by atoms with E-state index in [-0.39, 0.29) is 41.0 Å². The van der Waals surface area contributed by atoms with Crippen molar-refractivity contribution in [2.75, 3.05) is 0 Å². The minimum absolute atomic E-state index is 0.103. The van der Waals surface area contributed by atoms with Gasteiger partial charge in [0.15, 0.2) is 0 Å². The Labute approximate surface area is 200 Å². The van der Waals surface area contributed by atoms with Crippen LogP contribution in [0.1, 0.15) is 99.3 Å². The van der Waals surface area contributed by atoms with Crippen LogP contribution in [0.5, 0.6) is 0 Å². The van der Waals surface area contributed by atoms with E-state index in [0.29, 0.717) is 36.0 Å². The maximum absolute atomic E-state index is 12.3. The molecule has 190 valence electrons. The quantitative estimate of drug-likeness (QED) is 0.525. The van der Waals surface area contributed by atoms with E-state index in [0.717, 1.165) is 51.4 Å². The topological polar surface area (TPSA) is 87.0 Å². The lowest BCUT2D eigenvalue weighted by Gasteiger charge is -2.63. The first kappa shape index (κ1) is 25.4. The molecular formula is C28H48O5. The average molecular weight is 465 g/mol. The highest BCUT2D eigenvalue weighted by molar-refractivity contribution is 5.69. The van der Waals surface area contributed by atoms with E-state index in [1.54, 1.807) is 0 Å². The zero-order valence-corrected chi connectivity index (χ0v) is 21.7. The van der Waals surface area contributed by atoms with Crippen LogP contribution in [0.15, 0.2) is 0 Å². The van der Waals surface area contributed by atoms with Crippen LogP contribution in [-0.2, 0) is 9.53 Å². The molecule has 0 radical (unpaired) electrons. The molecule has 5 nitrogen and oxygen atoms in total. The third-order valence-corrected chi connectivity index (χ3v) is 10.7. The molecule has 5 heteroatoms. The molecule has 0 heterocycles. The maximum atomic E-state index is 12.3. The summed E-state index contributed by atoms with van der Waals surface area (Å²) in [5.41, 5.74) is -0.571. The Morgan fingerprint density at radius 3 is 2.39 bits per heavy atom. The number of hydrogen-bond donors (Lipinski definition) is 3. The van der Waals surface area contributed by atoms with Crippen LogP contribution in [0.25, 0.3) is 0 Å². The van der Waals surface area contributed by atoms with E-state index >= 15 is 0 Å². The van der Waals surface area contributed by atoms with Gasteiger partial charge < -0.3 is 20.1 Å². The van der Waals surface area contributed by atoms with Crippen molar-refractivity contribution in [3.8, 4) is 0 Å². The molecule has 4 aliphatic rings. The Balaban J connectivity index is 1.50. The van der Waals surface area contributed by atoms with Gasteiger partial charge >= 0.3 is 5.97 Å². The van der Waals surface area contributed by atoms with Crippen LogP contribution >= 0.6 is 0 Å². The number of esters is 1. The Kier molecular flexibility index (Phi) is 6.77. The Bertz CT molecular complexity index is 730. The van der Waals surface area contributed by atoms with Crippen molar-refractivity contribution in [3.63, 3.8) is 0 Å². The predicted octanol–water partition coefficient (Wildman–Crippen LogP) is 4.71. The van der Waals surface area contributed by atoms with Gasteiger partial charge in [0, 0.05) is 6.42 Å². The summed E-state index contributed by atoms with van der Waals surface area (Å²) >= 11 is 0. The first-order chi connectivity index (χ1) is 15.3. The van der Waals surface area contributed by atoms with E-state index in [1.165, 1.54) is 0 Å². The van der Waals surface area contributed by atoms with Crippen molar-refractivity contribution in [2.24, 2.45) is 46.3 Å². The molecule has 0 aromatic heterocycles. The zero-order valence-electron chi connectivity index (χ0n) is 21.7. The highest BCUT2D eigenvalue weighted by Crippen LogP contribution is 2.68. The number of ether oxygens (including phenoxy) is 1. The van der Waals surface area contributed by atoms with Gasteiger partial charge in [-0.3, -0.25) is 4.79 Å². The summed E-state index contributed by atoms with van der Waals surface area (Å²) in [6, 6.07) is 0. The molecule has 0 aromatic carbocycles. The smallest absolute Gasteiger partial charge is 0.306 e. The van der Waals surface area contributed by atoms with Gasteiger partial charge in [-0.25, -0.2) is 0 Å². The molecule has 0 aromatic rings. The number of carbonyl (C=O) groups excluding carboxylic acids is 1. The molecule has 0 unspecified atom stereocenters. The maximum Gasteiger partial charge on any atom is 0.306 e. The molecule has 0 aliphatic heterocycles. The van der Waals surface area contributed by atoms with E-state index in [1.807, 2.05) is 20.8 Å². The summed E-state index contributed by atoms with van der Waals surface area (Å²) in [5, 5.41) is 33.3. The number of carbonyl (C=O) groups is 1. The van der Waals surface area contributed by atoms with Crippen LogP contribution in [0.2, 0.25) is 0 Å². The van der Waals surface area contributed by atoms with E-state index in [9.17, 15) is 20.1 Å². The number of rotatable bonds is 4. The summed E-state index contributed by atoms with van der Waals surface area (Å²) in [6.07, 6.45) is 6.52. The predicted molar refractivity (Wildman–Crippen MR) is 128 cm³/mol. The molecular weight excluding hydrogens is 416 g/mol. The number of fused-ring (bicyclic) bond motifs is 5. The third kappa shape index (κ3) is 4.40. The minimum Gasteiger partial charge on any atom is -0.460 e. The number of aliphatic hydroxyl groups is 3. The van der Waals surface area contributed by atoms with Gasteiger partial charge in [-0.15, -0.1) is 0 Å². The SMILES string of the molecule is C[C@H](CCC(=O)OC(C)(C)C)[C@H]1CC[C@H]2[C@@H]3[C@H](O)C[C@@H]4C[C@H](O)CC[C@]4(C)[C@H]3C[C@H](O)[C@]12C. The highest BCUT2D eigenvalue weighted by atomic mass is 16.6. The molecule has 4 saturated carbocycles. The van der Waals surface area contributed by atoms with E-state index in [4.69, 9.17) is 4.74 Å². The lowest BCUT2D eigenvalue weighted by Crippen LogP contribution is -2.62. The molecule has 0 spiro atoms. The second kappa shape index (κ2) is 8.78. The second-order valence-electron chi connectivity index (χ2n) is 13.6. The Morgan fingerprint density at radius 1 is 1.03 bits per heavy atom. The van der Waals surface area contributed by atoms with Gasteiger partial charge in [-0.05, 0) is 118 Å². The molecule has 0 saturated heterocycles. The molecule has 11 atom stereocenters. The van der Waals surface area contributed by atoms with Crippen molar-refractivity contribution in [2.45, 2.75) is 123 Å². The standard InChI is InChI=1S/C28H48O5/c1-16(7-10-24(32)33-26(2,3)4)19-8-9-20-25-21(15-23(31)28(19,20)6)27(5)12-11-18(29)13-17(27)14-22(25)30/h16-23,25,29-31H,7-15H2,1-6H3/t16-,17+,18-,19-,20+,21+,22-,23+,25+,27+,28-/m1/s1. The van der Waals surface area contributed by atoms with E-state index in [2.05, 4.69) is 20.8 Å². The highest BCUT2D eigenvalue weighted by Gasteiger charge is 2.65. The summed E-state index contributed by atoms with van der Waals surface area (Å²) in [7, 11) is 0. The van der Waals surface area contributed by atoms with Crippen LogP contribution in [0.4, 0.5) is 0 Å². The molecule has 4 aliphatic carbocycles. The van der Waals surface area contributed by atoms with Gasteiger partial charge in [0.2, 0.25) is 0 Å². The van der Waals surface area contributed by atoms with Crippen LogP contribution < -0.4 is 0 Å². The fraction of sp³-hybridized carbons (Fsp3) is 0.964. The lowest BCUT2D eigenvalue weighted by atomic mass is 9.43. The van der Waals surface area contributed by atoms with Crippen LogP contribution in [-0.4, -0.2) is 45.2 Å². The van der Waals surface area contributed by atoms with Gasteiger partial charge in [-0.1, -0.05) is 20.8 Å². The molecule has 4 fully saturated rings. The van der Waals surface area contributed by atoms with Crippen LogP contribution in [0.3, 0.4) is 0 Å². The largest absolute Gasteiger partial charge is 0.460 e. The summed E-state index contributed by atoms with van der Waals surface area (Å²) in [4.78, 5) is 12.3. The summed E-state index contributed by atoms with van der Waals surface area (Å²) in [6.45, 7) is 12.6. The van der Waals surface area contributed by atoms with Crippen molar-refractivity contribution in [1.82, 2.24) is 0 Å². The van der Waals surface area contributed by atoms with Crippen molar-refractivity contribution >= 4 is 5.97 Å². The lowest BCUT2D eigenvalue weighted by molar-refractivity contribution is -0.207. The fourth-order valence-electron chi connectivity index (χ4n) is 9.07. The Hall–Kier alpha value is -0.650. The fourth-order valence-corrected chi connectivity index (χ4v) is 9.07. The number of aliphatic hydroxyl groups excluding tert-OH is 3. The van der Waals surface area contributed by atoms with Crippen molar-refractivity contribution < 1.29 is 24.9 Å². The van der Waals surface area contributed by atoms with Crippen molar-refractivity contribution in [1.29, 1.82) is 0 Å². The minimum atomic E-state index is -0.459. The molecule has 4 rings (SSSR count). The molecule has 0 bridgehead atoms. The average Bonchev–Trinajstić information content (AvgIpc) is 3.06. The zero-order chi connectivity index (χ0) is 24.3. The monoisotopic (exact) mass is 464 g/mol. The van der Waals surface area contributed by atoms with Crippen LogP contribution in [0, 0.1) is 46.3 Å². The van der Waals surface area contributed by atoms with Gasteiger partial charge in [0.25, 0.3) is 0 Å². The number of hydrogen-bond acceptors (Lipinski definition) is 5. The second-order valence-corrected chi connectivity index (χ2v) is 13.6. The first-order valence-corrected chi connectivity index (χ1v) is 13.5. The summed E-state index contributed by atoms with van der Waals surface area (Å²) in [5.74, 6) is 1.76. The summed E-state index contributed by atoms with van der Waals surface area (Å²) < 4.78 is 5.52.